The number of benzene rings is 2. The van der Waals surface area contributed by atoms with Crippen LogP contribution in [0.2, 0.25) is 0 Å². The summed E-state index contributed by atoms with van der Waals surface area (Å²) in [6.45, 7) is 2.05. The number of rotatable bonds is 0. The quantitative estimate of drug-likeness (QED) is 0.625. The Labute approximate surface area is 125 Å². The highest BCUT2D eigenvalue weighted by Gasteiger charge is 2.31. The van der Waals surface area contributed by atoms with E-state index < -0.39 is 10.5 Å². The summed E-state index contributed by atoms with van der Waals surface area (Å²) in [4.78, 5) is 5.52. The van der Waals surface area contributed by atoms with E-state index in [9.17, 15) is 4.55 Å². The number of pyridine rings is 1. The summed E-state index contributed by atoms with van der Waals surface area (Å²) in [7, 11) is -2.07. The fourth-order valence-corrected chi connectivity index (χ4v) is 5.12. The van der Waals surface area contributed by atoms with Crippen molar-refractivity contribution < 1.29 is 4.55 Å². The van der Waals surface area contributed by atoms with Crippen LogP contribution < -0.4 is 4.72 Å². The zero-order valence-electron chi connectivity index (χ0n) is 11.9. The molecule has 0 fully saturated rings. The van der Waals surface area contributed by atoms with Crippen LogP contribution in [0.15, 0.2) is 53.6 Å². The molecule has 0 bridgehead atoms. The summed E-state index contributed by atoms with van der Waals surface area (Å²) in [5, 5.41) is 1.08. The molecule has 0 radical (unpaired) electrons. The largest absolute Gasteiger partial charge is 0.329 e. The molecule has 1 atom stereocenters. The predicted octanol–water partition coefficient (Wildman–Crippen LogP) is 4.82. The maximum absolute atomic E-state index is 11.0. The molecule has 0 amide bonds. The monoisotopic (exact) mass is 296 g/mol. The molecule has 1 unspecified atom stereocenters. The Bertz CT molecular complexity index is 874. The lowest BCUT2D eigenvalue weighted by Crippen LogP contribution is -2.16. The number of fused-ring (bicyclic) bond motifs is 5. The van der Waals surface area contributed by atoms with Crippen molar-refractivity contribution in [2.24, 2.45) is 0 Å². The average molecular weight is 296 g/mol. The summed E-state index contributed by atoms with van der Waals surface area (Å²) < 4.78 is 14.3. The highest BCUT2D eigenvalue weighted by molar-refractivity contribution is 8.29. The molecule has 0 spiro atoms. The van der Waals surface area contributed by atoms with Crippen LogP contribution in [0.5, 0.6) is 0 Å². The first-order valence-corrected chi connectivity index (χ1v) is 8.84. The first-order valence-electron chi connectivity index (χ1n) is 6.84. The molecule has 3 aromatic rings. The van der Waals surface area contributed by atoms with Gasteiger partial charge in [-0.2, -0.15) is 0 Å². The van der Waals surface area contributed by atoms with E-state index in [0.29, 0.717) is 0 Å². The van der Waals surface area contributed by atoms with E-state index in [1.54, 1.807) is 6.20 Å². The number of aromatic nitrogens is 1. The molecular formula is C17H16N2OS. The average Bonchev–Trinajstić information content (AvgIpc) is 2.46. The van der Waals surface area contributed by atoms with Gasteiger partial charge < -0.3 is 9.27 Å². The summed E-state index contributed by atoms with van der Waals surface area (Å²) in [6.07, 6.45) is 3.67. The van der Waals surface area contributed by atoms with Gasteiger partial charge in [-0.15, -0.1) is 0 Å². The van der Waals surface area contributed by atoms with Crippen molar-refractivity contribution in [3.8, 4) is 11.1 Å². The summed E-state index contributed by atoms with van der Waals surface area (Å²) in [5.74, 6) is 0. The Morgan fingerprint density at radius 3 is 2.76 bits per heavy atom. The van der Waals surface area contributed by atoms with E-state index in [2.05, 4.69) is 27.9 Å². The minimum atomic E-state index is -2.07. The maximum atomic E-state index is 11.0. The normalized spacial score (nSPS) is 22.8. The van der Waals surface area contributed by atoms with E-state index in [-0.39, 0.29) is 0 Å². The Morgan fingerprint density at radius 1 is 1.05 bits per heavy atom. The molecule has 3 nitrogen and oxygen atoms in total. The molecule has 1 aromatic heterocycles. The van der Waals surface area contributed by atoms with E-state index >= 15 is 0 Å². The van der Waals surface area contributed by atoms with Crippen LogP contribution in [0, 0.1) is 6.92 Å². The molecule has 2 aromatic carbocycles. The topological polar surface area (TPSA) is 45.1 Å². The zero-order chi connectivity index (χ0) is 14.6. The predicted molar refractivity (Wildman–Crippen MR) is 89.9 cm³/mol. The van der Waals surface area contributed by atoms with Crippen molar-refractivity contribution in [1.29, 1.82) is 0 Å². The van der Waals surface area contributed by atoms with Crippen LogP contribution in [0.3, 0.4) is 0 Å². The number of nitrogens with zero attached hydrogens (tertiary/aromatic N) is 1. The third-order valence-corrected chi connectivity index (χ3v) is 5.91. The molecule has 1 aliphatic heterocycles. The van der Waals surface area contributed by atoms with E-state index in [1.165, 1.54) is 0 Å². The van der Waals surface area contributed by atoms with Crippen molar-refractivity contribution in [3.05, 3.63) is 54.2 Å². The van der Waals surface area contributed by atoms with Gasteiger partial charge in [-0.1, -0.05) is 36.4 Å². The van der Waals surface area contributed by atoms with Crippen molar-refractivity contribution in [3.63, 3.8) is 0 Å². The van der Waals surface area contributed by atoms with Gasteiger partial charge in [-0.3, -0.25) is 4.98 Å². The van der Waals surface area contributed by atoms with Crippen molar-refractivity contribution >= 4 is 27.1 Å². The van der Waals surface area contributed by atoms with Gasteiger partial charge in [-0.25, -0.2) is 0 Å². The van der Waals surface area contributed by atoms with Gasteiger partial charge in [-0.05, 0) is 34.6 Å². The summed E-state index contributed by atoms with van der Waals surface area (Å²) in [6, 6.07) is 14.3. The van der Waals surface area contributed by atoms with Gasteiger partial charge in [0.05, 0.1) is 11.2 Å². The van der Waals surface area contributed by atoms with Crippen LogP contribution in [-0.2, 0) is 0 Å². The lowest BCUT2D eigenvalue weighted by atomic mass is 9.99. The van der Waals surface area contributed by atoms with Gasteiger partial charge in [0.1, 0.15) is 0 Å². The summed E-state index contributed by atoms with van der Waals surface area (Å²) in [5.41, 5.74) is 5.18. The number of nitrogens with one attached hydrogen (secondary N) is 1. The fraction of sp³-hybridized carbons (Fsp3) is 0.118. The minimum Gasteiger partial charge on any atom is -0.329 e. The molecule has 2 heterocycles. The molecule has 0 saturated carbocycles. The van der Waals surface area contributed by atoms with Crippen LogP contribution in [-0.4, -0.2) is 15.8 Å². The third-order valence-electron chi connectivity index (χ3n) is 3.97. The minimum absolute atomic E-state index is 0.912. The molecule has 21 heavy (non-hydrogen) atoms. The summed E-state index contributed by atoms with van der Waals surface area (Å²) >= 11 is 0. The van der Waals surface area contributed by atoms with E-state index in [0.717, 1.165) is 38.2 Å². The maximum Gasteiger partial charge on any atom is 0.0948 e. The van der Waals surface area contributed by atoms with Crippen LogP contribution in [0.4, 0.5) is 5.69 Å². The zero-order valence-corrected chi connectivity index (χ0v) is 12.7. The van der Waals surface area contributed by atoms with Crippen molar-refractivity contribution in [2.45, 2.75) is 11.8 Å². The first kappa shape index (κ1) is 12.7. The van der Waals surface area contributed by atoms with E-state index in [1.807, 2.05) is 37.4 Å². The molecule has 4 heteroatoms. The Kier molecular flexibility index (Phi) is 2.55. The second-order valence-electron chi connectivity index (χ2n) is 5.49. The number of aryl methyl sites for hydroxylation is 1. The Hall–Kier alpha value is -2.04. The van der Waals surface area contributed by atoms with Crippen molar-refractivity contribution in [2.75, 3.05) is 11.0 Å². The van der Waals surface area contributed by atoms with Gasteiger partial charge in [0.2, 0.25) is 0 Å². The molecular weight excluding hydrogens is 280 g/mol. The lowest BCUT2D eigenvalue weighted by molar-refractivity contribution is 0.635. The molecule has 106 valence electrons. The number of hydrogen-bond donors (Lipinski definition) is 2. The van der Waals surface area contributed by atoms with Crippen LogP contribution in [0.1, 0.15) is 5.56 Å². The first-order chi connectivity index (χ1) is 10.1. The Balaban J connectivity index is 2.13. The molecule has 2 N–H and O–H groups in total. The Morgan fingerprint density at radius 2 is 1.90 bits per heavy atom. The second-order valence-corrected chi connectivity index (χ2v) is 7.86. The highest BCUT2D eigenvalue weighted by atomic mass is 32.3. The van der Waals surface area contributed by atoms with Crippen molar-refractivity contribution in [1.82, 2.24) is 4.98 Å². The van der Waals surface area contributed by atoms with Crippen LogP contribution >= 0.6 is 10.5 Å². The lowest BCUT2D eigenvalue weighted by Gasteiger charge is -2.39. The van der Waals surface area contributed by atoms with Gasteiger partial charge in [0, 0.05) is 28.3 Å². The molecule has 4 rings (SSSR count). The van der Waals surface area contributed by atoms with Gasteiger partial charge in [0.25, 0.3) is 0 Å². The second kappa shape index (κ2) is 4.23. The molecule has 0 saturated heterocycles. The SMILES string of the molecule is Cc1cccc2c1S(C)(O)Nc1c-2ccc2cccnc12. The number of anilines is 1. The standard InChI is InChI=1S/C17H16N2OS/c1-11-5-3-7-14-13-9-8-12-6-4-10-18-15(12)16(13)19-21(2,20)17(11)14/h3-10,19-20H,1-2H3. The van der Waals surface area contributed by atoms with Gasteiger partial charge >= 0.3 is 0 Å². The third kappa shape index (κ3) is 1.76. The fourth-order valence-electron chi connectivity index (χ4n) is 3.11. The molecule has 0 aliphatic carbocycles. The van der Waals surface area contributed by atoms with Gasteiger partial charge in [0.15, 0.2) is 0 Å². The smallest absolute Gasteiger partial charge is 0.0948 e. The number of hydrogen-bond acceptors (Lipinski definition) is 3. The molecule has 1 aliphatic rings. The highest BCUT2D eigenvalue weighted by Crippen LogP contribution is 2.59. The van der Waals surface area contributed by atoms with Crippen LogP contribution in [0.25, 0.3) is 22.0 Å². The van der Waals surface area contributed by atoms with E-state index in [4.69, 9.17) is 0 Å².